The summed E-state index contributed by atoms with van der Waals surface area (Å²) in [7, 11) is 0. The van der Waals surface area contributed by atoms with Gasteiger partial charge in [-0.1, -0.05) is 90.5 Å². The third kappa shape index (κ3) is 11.4. The average molecular weight is 765 g/mol. The number of ketones is 1. The molecule has 1 saturated heterocycles. The molecule has 1 aliphatic rings. The summed E-state index contributed by atoms with van der Waals surface area (Å²) in [6, 6.07) is 24.3. The van der Waals surface area contributed by atoms with E-state index in [1.165, 1.54) is 20.2 Å². The van der Waals surface area contributed by atoms with Gasteiger partial charge in [0.05, 0.1) is 19.5 Å². The van der Waals surface area contributed by atoms with Gasteiger partial charge in [-0.25, -0.2) is 9.78 Å². The topological polar surface area (TPSA) is 161 Å². The maximum Gasteiger partial charge on any atom is 0.408 e. The van der Waals surface area contributed by atoms with Gasteiger partial charge in [-0.3, -0.25) is 19.2 Å². The predicted octanol–water partition coefficient (Wildman–Crippen LogP) is 5.85. The minimum Gasteiger partial charge on any atom is -0.444 e. The number of hydrogen-bond acceptors (Lipinski definition) is 8. The van der Waals surface area contributed by atoms with Crippen molar-refractivity contribution in [2.75, 3.05) is 25.0 Å². The second-order valence-corrected chi connectivity index (χ2v) is 15.6. The fourth-order valence-electron chi connectivity index (χ4n) is 6.33. The first-order valence-electron chi connectivity index (χ1n) is 18.8. The number of rotatable bonds is 14. The summed E-state index contributed by atoms with van der Waals surface area (Å²) >= 11 is 0. The van der Waals surface area contributed by atoms with Crippen molar-refractivity contribution in [2.45, 2.75) is 84.2 Å². The number of aromatic nitrogens is 2. The largest absolute Gasteiger partial charge is 0.444 e. The summed E-state index contributed by atoms with van der Waals surface area (Å²) in [5.41, 5.74) is 1.14. The molecular formula is C43H52N6O7. The van der Waals surface area contributed by atoms with Crippen LogP contribution in [0, 0.1) is 12.8 Å². The van der Waals surface area contributed by atoms with Crippen molar-refractivity contribution in [3.63, 3.8) is 0 Å². The van der Waals surface area contributed by atoms with Crippen molar-refractivity contribution in [1.29, 1.82) is 0 Å². The van der Waals surface area contributed by atoms with Gasteiger partial charge >= 0.3 is 6.09 Å². The number of Topliss-reactive ketones (excluding diaryl/α,β-unsaturated/α-hetero) is 1. The van der Waals surface area contributed by atoms with Gasteiger partial charge in [-0.2, -0.15) is 0 Å². The fraction of sp³-hybridized carbons (Fsp3) is 0.395. The number of carbonyl (C=O) groups excluding carboxylic acids is 5. The van der Waals surface area contributed by atoms with Crippen LogP contribution in [0.1, 0.15) is 80.6 Å². The molecule has 0 bridgehead atoms. The van der Waals surface area contributed by atoms with Gasteiger partial charge in [0.2, 0.25) is 11.8 Å². The number of hydrogen-bond donors (Lipinski definition) is 3. The van der Waals surface area contributed by atoms with Crippen LogP contribution in [0.15, 0.2) is 97.5 Å². The number of alkyl carbamates (subject to hydrolysis) is 1. The Balaban J connectivity index is 1.29. The van der Waals surface area contributed by atoms with E-state index in [-0.39, 0.29) is 36.6 Å². The van der Waals surface area contributed by atoms with Gasteiger partial charge < -0.3 is 34.9 Å². The molecule has 1 fully saturated rings. The van der Waals surface area contributed by atoms with Crippen LogP contribution in [0.4, 0.5) is 10.6 Å². The lowest BCUT2D eigenvalue weighted by atomic mass is 9.88. The maximum absolute atomic E-state index is 14.2. The van der Waals surface area contributed by atoms with Crippen molar-refractivity contribution < 1.29 is 33.4 Å². The first kappa shape index (κ1) is 41.3. The quantitative estimate of drug-likeness (QED) is 0.135. The Kier molecular flexibility index (Phi) is 13.4. The number of carbonyl (C=O) groups is 5. The number of nitrogens with zero attached hydrogens (tertiary/aromatic N) is 3. The second-order valence-electron chi connectivity index (χ2n) is 15.6. The highest BCUT2D eigenvalue weighted by Crippen LogP contribution is 2.28. The zero-order valence-electron chi connectivity index (χ0n) is 32.9. The molecule has 3 aromatic carbocycles. The van der Waals surface area contributed by atoms with Crippen molar-refractivity contribution >= 4 is 35.4 Å². The SMILES string of the molecule is Cc1ccc(C(=O)C2CCN(C(=O)C(c3ccccc3)n3cnc(NC(=O)[C@@H](COCc4ccccc4)NC(=O)C(C)(C)NC(=O)OC(C)(C)C)c3)CC2)cc1. The Labute approximate surface area is 328 Å². The third-order valence-corrected chi connectivity index (χ3v) is 9.41. The predicted molar refractivity (Wildman–Crippen MR) is 212 cm³/mol. The highest BCUT2D eigenvalue weighted by atomic mass is 16.6. The monoisotopic (exact) mass is 764 g/mol. The molecule has 2 heterocycles. The number of amides is 4. The average Bonchev–Trinajstić information content (AvgIpc) is 3.61. The molecule has 56 heavy (non-hydrogen) atoms. The number of ether oxygens (including phenoxy) is 2. The van der Waals surface area contributed by atoms with Crippen LogP contribution < -0.4 is 16.0 Å². The van der Waals surface area contributed by atoms with E-state index in [1.807, 2.05) is 91.9 Å². The third-order valence-electron chi connectivity index (χ3n) is 9.41. The van der Waals surface area contributed by atoms with Crippen LogP contribution in [-0.2, 0) is 30.5 Å². The lowest BCUT2D eigenvalue weighted by molar-refractivity contribution is -0.134. The van der Waals surface area contributed by atoms with E-state index in [2.05, 4.69) is 20.9 Å². The molecule has 1 aliphatic heterocycles. The van der Waals surface area contributed by atoms with E-state index in [9.17, 15) is 24.0 Å². The molecule has 0 aliphatic carbocycles. The number of likely N-dealkylation sites (tertiary alicyclic amines) is 1. The van der Waals surface area contributed by atoms with Gasteiger partial charge in [-0.15, -0.1) is 0 Å². The normalized spacial score (nSPS) is 14.6. The zero-order chi connectivity index (χ0) is 40.5. The van der Waals surface area contributed by atoms with E-state index < -0.39 is 41.1 Å². The molecule has 5 rings (SSSR count). The zero-order valence-corrected chi connectivity index (χ0v) is 32.9. The summed E-state index contributed by atoms with van der Waals surface area (Å²) in [5.74, 6) is -1.35. The van der Waals surface area contributed by atoms with Crippen LogP contribution in [-0.4, -0.2) is 80.9 Å². The molecule has 13 heteroatoms. The molecule has 0 spiro atoms. The van der Waals surface area contributed by atoms with E-state index in [1.54, 1.807) is 36.4 Å². The number of imidazole rings is 1. The molecule has 0 radical (unpaired) electrons. The minimum absolute atomic E-state index is 0.0922. The number of nitrogens with one attached hydrogen (secondary N) is 3. The molecule has 13 nitrogen and oxygen atoms in total. The maximum atomic E-state index is 14.2. The Morgan fingerprint density at radius 2 is 1.48 bits per heavy atom. The lowest BCUT2D eigenvalue weighted by Crippen LogP contribution is -2.59. The van der Waals surface area contributed by atoms with Crippen LogP contribution in [0.3, 0.4) is 0 Å². The highest BCUT2D eigenvalue weighted by Gasteiger charge is 2.36. The molecule has 4 amide bonds. The smallest absolute Gasteiger partial charge is 0.408 e. The molecule has 1 unspecified atom stereocenters. The standard InChI is InChI=1S/C43H52N6O7/c1-29-17-19-32(20-18-29)37(50)33-21-23-48(24-22-33)39(52)36(31-15-11-8-12-16-31)49-25-35(44-28-49)46-38(51)34(27-55-26-30-13-9-7-10-14-30)45-40(53)43(5,6)47-41(54)56-42(2,3)4/h7-20,25,28,33-34,36H,21-24,26-27H2,1-6H3,(H,45,53)(H,46,51)(H,47,54)/t34-,36?/m1/s1. The molecule has 296 valence electrons. The molecule has 0 saturated carbocycles. The summed E-state index contributed by atoms with van der Waals surface area (Å²) in [6.07, 6.45) is 3.36. The van der Waals surface area contributed by atoms with Gasteiger partial charge in [-0.05, 0) is 65.5 Å². The first-order valence-corrected chi connectivity index (χ1v) is 18.8. The molecule has 2 atom stereocenters. The van der Waals surface area contributed by atoms with Crippen LogP contribution in [0.25, 0.3) is 0 Å². The van der Waals surface area contributed by atoms with Crippen molar-refractivity contribution in [3.05, 3.63) is 120 Å². The summed E-state index contributed by atoms with van der Waals surface area (Å²) in [4.78, 5) is 73.4. The Bertz CT molecular complexity index is 1960. The van der Waals surface area contributed by atoms with Gasteiger partial charge in [0, 0.05) is 30.8 Å². The second kappa shape index (κ2) is 18.2. The fourth-order valence-corrected chi connectivity index (χ4v) is 6.33. The lowest BCUT2D eigenvalue weighted by Gasteiger charge is -2.34. The summed E-state index contributed by atoms with van der Waals surface area (Å²) in [6.45, 7) is 11.0. The Morgan fingerprint density at radius 3 is 2.11 bits per heavy atom. The van der Waals surface area contributed by atoms with E-state index in [0.29, 0.717) is 31.5 Å². The Morgan fingerprint density at radius 1 is 0.857 bits per heavy atom. The van der Waals surface area contributed by atoms with Crippen molar-refractivity contribution in [2.24, 2.45) is 5.92 Å². The Hall–Kier alpha value is -5.82. The number of benzene rings is 3. The van der Waals surface area contributed by atoms with Gasteiger partial charge in [0.15, 0.2) is 11.6 Å². The van der Waals surface area contributed by atoms with E-state index in [0.717, 1.165) is 16.7 Å². The molecule has 3 N–H and O–H groups in total. The molecule has 4 aromatic rings. The highest BCUT2D eigenvalue weighted by molar-refractivity contribution is 5.99. The van der Waals surface area contributed by atoms with Crippen LogP contribution in [0.2, 0.25) is 0 Å². The van der Waals surface area contributed by atoms with E-state index >= 15 is 0 Å². The number of piperidine rings is 1. The summed E-state index contributed by atoms with van der Waals surface area (Å²) < 4.78 is 12.8. The number of anilines is 1. The van der Waals surface area contributed by atoms with E-state index in [4.69, 9.17) is 9.47 Å². The number of aryl methyl sites for hydroxylation is 1. The van der Waals surface area contributed by atoms with Crippen LogP contribution in [0.5, 0.6) is 0 Å². The van der Waals surface area contributed by atoms with Gasteiger partial charge in [0.25, 0.3) is 5.91 Å². The molecule has 1 aromatic heterocycles. The molecular weight excluding hydrogens is 713 g/mol. The summed E-state index contributed by atoms with van der Waals surface area (Å²) in [5, 5.41) is 8.03. The first-order chi connectivity index (χ1) is 26.6. The van der Waals surface area contributed by atoms with Crippen LogP contribution >= 0.6 is 0 Å². The van der Waals surface area contributed by atoms with Crippen molar-refractivity contribution in [1.82, 2.24) is 25.1 Å². The minimum atomic E-state index is -1.45. The van der Waals surface area contributed by atoms with Gasteiger partial charge in [0.1, 0.15) is 23.2 Å². The van der Waals surface area contributed by atoms with Crippen molar-refractivity contribution in [3.8, 4) is 0 Å².